The first-order valence-electron chi connectivity index (χ1n) is 6.78. The van der Waals surface area contributed by atoms with Crippen LogP contribution in [0.25, 0.3) is 0 Å². The topological polar surface area (TPSA) is 44.4 Å². The first-order chi connectivity index (χ1) is 9.31. The van der Waals surface area contributed by atoms with Gasteiger partial charge >= 0.3 is 6.03 Å². The van der Waals surface area contributed by atoms with E-state index in [0.717, 1.165) is 5.56 Å². The van der Waals surface area contributed by atoms with Gasteiger partial charge < -0.3 is 15.5 Å². The highest BCUT2D eigenvalue weighted by molar-refractivity contribution is 6.31. The largest absolute Gasteiger partial charge is 0.336 e. The van der Waals surface area contributed by atoms with Crippen molar-refractivity contribution in [3.8, 4) is 0 Å². The van der Waals surface area contributed by atoms with Crippen molar-refractivity contribution in [1.29, 1.82) is 0 Å². The van der Waals surface area contributed by atoms with Gasteiger partial charge in [0.05, 0.1) is 0 Å². The Morgan fingerprint density at radius 2 is 2.00 bits per heavy atom. The molecule has 1 rings (SSSR count). The summed E-state index contributed by atoms with van der Waals surface area (Å²) in [5.41, 5.74) is 1.69. The van der Waals surface area contributed by atoms with Crippen LogP contribution >= 0.6 is 11.6 Å². The number of nitrogens with one attached hydrogen (secondary N) is 2. The third-order valence-electron chi connectivity index (χ3n) is 3.33. The molecule has 0 aliphatic carbocycles. The lowest BCUT2D eigenvalue weighted by molar-refractivity contribution is 0.218. The number of urea groups is 1. The number of hydrogen-bond donors (Lipinski definition) is 2. The van der Waals surface area contributed by atoms with E-state index in [-0.39, 0.29) is 6.03 Å². The number of benzene rings is 1. The number of aryl methyl sites for hydroxylation is 1. The summed E-state index contributed by atoms with van der Waals surface area (Å²) in [6, 6.07) is 5.57. The number of amides is 2. The van der Waals surface area contributed by atoms with Crippen molar-refractivity contribution in [2.45, 2.75) is 26.8 Å². The van der Waals surface area contributed by atoms with E-state index in [9.17, 15) is 4.79 Å². The van der Waals surface area contributed by atoms with E-state index >= 15 is 0 Å². The highest BCUT2D eigenvalue weighted by atomic mass is 35.5. The molecular formula is C15H24ClN3O. The highest BCUT2D eigenvalue weighted by Crippen LogP contribution is 2.19. The van der Waals surface area contributed by atoms with E-state index in [4.69, 9.17) is 11.6 Å². The Hall–Kier alpha value is -1.26. The van der Waals surface area contributed by atoms with E-state index in [2.05, 4.69) is 29.4 Å². The van der Waals surface area contributed by atoms with Crippen LogP contribution in [0.1, 0.15) is 19.4 Å². The number of carbonyl (C=O) groups is 1. The van der Waals surface area contributed by atoms with E-state index in [1.807, 2.05) is 33.2 Å². The normalized spacial score (nSPS) is 12.6. The van der Waals surface area contributed by atoms with Crippen molar-refractivity contribution >= 4 is 23.3 Å². The minimum atomic E-state index is -0.211. The fraction of sp³-hybridized carbons (Fsp3) is 0.533. The Morgan fingerprint density at radius 3 is 2.50 bits per heavy atom. The van der Waals surface area contributed by atoms with E-state index in [1.54, 1.807) is 6.07 Å². The zero-order valence-electron chi connectivity index (χ0n) is 12.8. The van der Waals surface area contributed by atoms with Crippen LogP contribution in [0.3, 0.4) is 0 Å². The van der Waals surface area contributed by atoms with Crippen molar-refractivity contribution in [2.24, 2.45) is 5.92 Å². The van der Waals surface area contributed by atoms with Crippen molar-refractivity contribution in [1.82, 2.24) is 10.2 Å². The van der Waals surface area contributed by atoms with Crippen molar-refractivity contribution in [2.75, 3.05) is 26.0 Å². The van der Waals surface area contributed by atoms with Gasteiger partial charge in [0.2, 0.25) is 0 Å². The summed E-state index contributed by atoms with van der Waals surface area (Å²) in [4.78, 5) is 14.0. The van der Waals surface area contributed by atoms with Crippen LogP contribution in [0, 0.1) is 12.8 Å². The Balaban J connectivity index is 2.53. The molecule has 5 heteroatoms. The van der Waals surface area contributed by atoms with Crippen LogP contribution in [0.15, 0.2) is 18.2 Å². The smallest absolute Gasteiger partial charge is 0.319 e. The molecule has 0 saturated carbocycles. The second-order valence-electron chi connectivity index (χ2n) is 5.57. The van der Waals surface area contributed by atoms with Gasteiger partial charge in [0.15, 0.2) is 0 Å². The third kappa shape index (κ3) is 5.02. The summed E-state index contributed by atoms with van der Waals surface area (Å²) in [6.45, 7) is 6.82. The summed E-state index contributed by atoms with van der Waals surface area (Å²) >= 11 is 6.03. The molecule has 0 bridgehead atoms. The monoisotopic (exact) mass is 297 g/mol. The van der Waals surface area contributed by atoms with Crippen molar-refractivity contribution in [3.63, 3.8) is 0 Å². The number of halogens is 1. The summed E-state index contributed by atoms with van der Waals surface area (Å²) in [5, 5.41) is 6.33. The predicted octanol–water partition coefficient (Wildman–Crippen LogP) is 3.36. The Labute approximate surface area is 126 Å². The Morgan fingerprint density at radius 1 is 1.35 bits per heavy atom. The number of hydrogen-bond acceptors (Lipinski definition) is 2. The maximum absolute atomic E-state index is 11.9. The molecule has 0 aromatic heterocycles. The molecule has 0 aliphatic rings. The van der Waals surface area contributed by atoms with Gasteiger partial charge in [0.25, 0.3) is 0 Å². The van der Waals surface area contributed by atoms with Crippen LogP contribution in [-0.4, -0.2) is 37.6 Å². The number of likely N-dealkylation sites (N-methyl/N-ethyl adjacent to an activating group) is 1. The second kappa shape index (κ2) is 7.50. The average molecular weight is 298 g/mol. The van der Waals surface area contributed by atoms with E-state index < -0.39 is 0 Å². The Bertz CT molecular complexity index is 452. The molecule has 0 aliphatic heterocycles. The summed E-state index contributed by atoms with van der Waals surface area (Å²) < 4.78 is 0. The first-order valence-corrected chi connectivity index (χ1v) is 7.16. The van der Waals surface area contributed by atoms with E-state index in [1.165, 1.54) is 0 Å². The molecule has 1 aromatic rings. The van der Waals surface area contributed by atoms with Gasteiger partial charge in [-0.1, -0.05) is 31.5 Å². The van der Waals surface area contributed by atoms with Crippen LogP contribution in [0.2, 0.25) is 5.02 Å². The molecular weight excluding hydrogens is 274 g/mol. The molecule has 0 saturated heterocycles. The average Bonchev–Trinajstić information content (AvgIpc) is 2.33. The lowest BCUT2D eigenvalue weighted by Gasteiger charge is -2.28. The highest BCUT2D eigenvalue weighted by Gasteiger charge is 2.16. The van der Waals surface area contributed by atoms with Crippen molar-refractivity contribution < 1.29 is 4.79 Å². The number of rotatable bonds is 5. The molecule has 0 spiro atoms. The lowest BCUT2D eigenvalue weighted by Crippen LogP contribution is -2.44. The predicted molar refractivity (Wildman–Crippen MR) is 85.5 cm³/mol. The SMILES string of the molecule is Cc1ccc(NC(=O)NCC(C(C)C)N(C)C)cc1Cl. The maximum Gasteiger partial charge on any atom is 0.319 e. The van der Waals surface area contributed by atoms with Crippen LogP contribution in [0.4, 0.5) is 10.5 Å². The van der Waals surface area contributed by atoms with Gasteiger partial charge in [-0.3, -0.25) is 0 Å². The van der Waals surface area contributed by atoms with Crippen molar-refractivity contribution in [3.05, 3.63) is 28.8 Å². The lowest BCUT2D eigenvalue weighted by atomic mass is 10.0. The molecule has 1 unspecified atom stereocenters. The maximum atomic E-state index is 11.9. The van der Waals surface area contributed by atoms with Gasteiger partial charge in [-0.2, -0.15) is 0 Å². The third-order valence-corrected chi connectivity index (χ3v) is 3.74. The number of carbonyl (C=O) groups excluding carboxylic acids is 1. The molecule has 0 radical (unpaired) electrons. The molecule has 4 nitrogen and oxygen atoms in total. The molecule has 0 heterocycles. The summed E-state index contributed by atoms with van der Waals surface area (Å²) in [5.74, 6) is 0.471. The van der Waals surface area contributed by atoms with E-state index in [0.29, 0.717) is 29.2 Å². The number of anilines is 1. The van der Waals surface area contributed by atoms with Gasteiger partial charge in [-0.25, -0.2) is 4.79 Å². The van der Waals surface area contributed by atoms with Crippen LogP contribution in [-0.2, 0) is 0 Å². The minimum absolute atomic E-state index is 0.211. The number of nitrogens with zero attached hydrogens (tertiary/aromatic N) is 1. The zero-order chi connectivity index (χ0) is 15.3. The van der Waals surface area contributed by atoms with Crippen LogP contribution in [0.5, 0.6) is 0 Å². The molecule has 1 aromatic carbocycles. The molecule has 2 N–H and O–H groups in total. The fourth-order valence-electron chi connectivity index (χ4n) is 2.06. The fourth-order valence-corrected chi connectivity index (χ4v) is 2.24. The molecule has 1 atom stereocenters. The van der Waals surface area contributed by atoms with Gasteiger partial charge in [0.1, 0.15) is 0 Å². The summed E-state index contributed by atoms with van der Waals surface area (Å²) in [7, 11) is 4.04. The second-order valence-corrected chi connectivity index (χ2v) is 5.98. The molecule has 2 amide bonds. The summed E-state index contributed by atoms with van der Waals surface area (Å²) in [6.07, 6.45) is 0. The zero-order valence-corrected chi connectivity index (χ0v) is 13.6. The first kappa shape index (κ1) is 16.8. The molecule has 0 fully saturated rings. The van der Waals surface area contributed by atoms with Gasteiger partial charge in [-0.15, -0.1) is 0 Å². The standard InChI is InChI=1S/C15H24ClN3O/c1-10(2)14(19(4)5)9-17-15(20)18-12-7-6-11(3)13(16)8-12/h6-8,10,14H,9H2,1-5H3,(H2,17,18,20). The molecule has 20 heavy (non-hydrogen) atoms. The van der Waals surface area contributed by atoms with Gasteiger partial charge in [-0.05, 0) is 44.6 Å². The van der Waals surface area contributed by atoms with Crippen LogP contribution < -0.4 is 10.6 Å². The minimum Gasteiger partial charge on any atom is -0.336 e. The quantitative estimate of drug-likeness (QED) is 0.875. The molecule has 112 valence electrons. The Kier molecular flexibility index (Phi) is 6.30. The van der Waals surface area contributed by atoms with Gasteiger partial charge in [0, 0.05) is 23.3 Å².